The van der Waals surface area contributed by atoms with E-state index in [9.17, 15) is 9.90 Å². The Labute approximate surface area is 173 Å². The number of carboxylic acids is 1. The second-order valence-corrected chi connectivity index (χ2v) is 6.73. The Morgan fingerprint density at radius 2 is 1.67 bits per heavy atom. The largest absolute Gasteiger partial charge is 0.493 e. The topological polar surface area (TPSA) is 82.8 Å². The molecule has 2 aromatic carbocycles. The van der Waals surface area contributed by atoms with E-state index in [1.54, 1.807) is 32.4 Å². The molecule has 0 aliphatic rings. The molecule has 0 saturated heterocycles. The molecule has 0 radical (unpaired) electrons. The number of hydrogen-bond donors (Lipinski definition) is 1. The lowest BCUT2D eigenvalue weighted by Crippen LogP contribution is -2.04. The summed E-state index contributed by atoms with van der Waals surface area (Å²) in [5.74, 6) is 0.327. The summed E-state index contributed by atoms with van der Waals surface area (Å²) in [6.45, 7) is 2.76. The summed E-state index contributed by atoms with van der Waals surface area (Å²) in [4.78, 5) is 16.4. The molecule has 7 heteroatoms. The number of nitrogens with zero attached hydrogens (tertiary/aromatic N) is 2. The number of aryl methyl sites for hydroxylation is 1. The third kappa shape index (κ3) is 2.90. The summed E-state index contributed by atoms with van der Waals surface area (Å²) in [6, 6.07) is 13.1. The highest BCUT2D eigenvalue weighted by Gasteiger charge is 2.22. The Bertz CT molecular complexity index is 1250. The molecule has 2 heterocycles. The highest BCUT2D eigenvalue weighted by Crippen LogP contribution is 2.43. The van der Waals surface area contributed by atoms with Gasteiger partial charge in [-0.05, 0) is 31.2 Å². The van der Waals surface area contributed by atoms with Crippen LogP contribution < -0.4 is 14.2 Å². The normalized spacial score (nSPS) is 11.1. The number of ether oxygens (including phenoxy) is 3. The van der Waals surface area contributed by atoms with E-state index >= 15 is 0 Å². The highest BCUT2D eigenvalue weighted by atomic mass is 16.5. The molecule has 1 N–H and O–H groups in total. The van der Waals surface area contributed by atoms with E-state index in [0.29, 0.717) is 35.1 Å². The first-order chi connectivity index (χ1) is 14.5. The number of benzene rings is 2. The Balaban J connectivity index is 2.17. The summed E-state index contributed by atoms with van der Waals surface area (Å²) in [5.41, 5.74) is 3.08. The summed E-state index contributed by atoms with van der Waals surface area (Å²) >= 11 is 0. The Morgan fingerprint density at radius 3 is 2.23 bits per heavy atom. The zero-order valence-electron chi connectivity index (χ0n) is 17.2. The summed E-state index contributed by atoms with van der Waals surface area (Å²) in [5, 5.41) is 11.5. The van der Waals surface area contributed by atoms with Gasteiger partial charge in [0, 0.05) is 28.4 Å². The molecule has 4 rings (SSSR count). The number of hydrogen-bond acceptors (Lipinski definition) is 5. The monoisotopic (exact) mass is 406 g/mol. The number of methoxy groups -OCH3 is 3. The van der Waals surface area contributed by atoms with Crippen molar-refractivity contribution in [2.75, 3.05) is 21.3 Å². The van der Waals surface area contributed by atoms with Gasteiger partial charge in [0.2, 0.25) is 5.75 Å². The number of para-hydroxylation sites is 1. The van der Waals surface area contributed by atoms with Crippen molar-refractivity contribution in [3.63, 3.8) is 0 Å². The molecule has 0 aliphatic carbocycles. The number of carbonyl (C=O) groups is 1. The lowest BCUT2D eigenvalue weighted by atomic mass is 10.0. The number of pyridine rings is 1. The molecule has 0 amide bonds. The van der Waals surface area contributed by atoms with Crippen LogP contribution in [-0.2, 0) is 6.54 Å². The van der Waals surface area contributed by atoms with Crippen LogP contribution in [0.25, 0.3) is 33.1 Å². The van der Waals surface area contributed by atoms with Crippen molar-refractivity contribution >= 4 is 27.8 Å². The summed E-state index contributed by atoms with van der Waals surface area (Å²) in [7, 11) is 4.62. The van der Waals surface area contributed by atoms with Crippen molar-refractivity contribution in [1.82, 2.24) is 9.55 Å². The van der Waals surface area contributed by atoms with Crippen LogP contribution in [-0.4, -0.2) is 42.0 Å². The van der Waals surface area contributed by atoms with Gasteiger partial charge in [0.25, 0.3) is 0 Å². The first-order valence-electron chi connectivity index (χ1n) is 9.49. The molecule has 4 aromatic rings. The van der Waals surface area contributed by atoms with Crippen LogP contribution >= 0.6 is 0 Å². The van der Waals surface area contributed by atoms with Gasteiger partial charge in [0.15, 0.2) is 11.5 Å². The Morgan fingerprint density at radius 1 is 1.00 bits per heavy atom. The predicted octanol–water partition coefficient (Wildman–Crippen LogP) is 4.60. The van der Waals surface area contributed by atoms with Crippen molar-refractivity contribution in [3.05, 3.63) is 48.2 Å². The van der Waals surface area contributed by atoms with Crippen LogP contribution in [0.15, 0.2) is 42.5 Å². The summed E-state index contributed by atoms with van der Waals surface area (Å²) < 4.78 is 18.5. The maximum Gasteiger partial charge on any atom is 0.354 e. The number of carboxylic acid groups (broad SMARTS) is 1. The summed E-state index contributed by atoms with van der Waals surface area (Å²) in [6.07, 6.45) is 0. The van der Waals surface area contributed by atoms with Crippen molar-refractivity contribution in [3.8, 4) is 28.5 Å². The molecule has 0 aliphatic heterocycles. The maximum atomic E-state index is 11.8. The van der Waals surface area contributed by atoms with Gasteiger partial charge in [-0.2, -0.15) is 0 Å². The van der Waals surface area contributed by atoms with Crippen LogP contribution in [0.5, 0.6) is 17.2 Å². The SMILES string of the molecule is CCn1c2ccccc2c2cc(C(=O)O)nc(-c3cc(OC)c(OC)c(OC)c3)c21. The van der Waals surface area contributed by atoms with Crippen LogP contribution in [0.2, 0.25) is 0 Å². The van der Waals surface area contributed by atoms with Crippen molar-refractivity contribution in [2.45, 2.75) is 13.5 Å². The van der Waals surface area contributed by atoms with Gasteiger partial charge in [-0.3, -0.25) is 0 Å². The average molecular weight is 406 g/mol. The van der Waals surface area contributed by atoms with Gasteiger partial charge < -0.3 is 23.9 Å². The van der Waals surface area contributed by atoms with Crippen LogP contribution in [0, 0.1) is 0 Å². The second-order valence-electron chi connectivity index (χ2n) is 6.73. The third-order valence-corrected chi connectivity index (χ3v) is 5.22. The Hall–Kier alpha value is -3.74. The maximum absolute atomic E-state index is 11.8. The zero-order valence-corrected chi connectivity index (χ0v) is 17.2. The minimum Gasteiger partial charge on any atom is -0.493 e. The predicted molar refractivity (Wildman–Crippen MR) is 115 cm³/mol. The van der Waals surface area contributed by atoms with Gasteiger partial charge >= 0.3 is 5.97 Å². The van der Waals surface area contributed by atoms with Crippen molar-refractivity contribution in [2.24, 2.45) is 0 Å². The van der Waals surface area contributed by atoms with E-state index in [-0.39, 0.29) is 5.69 Å². The van der Waals surface area contributed by atoms with Crippen molar-refractivity contribution < 1.29 is 24.1 Å². The van der Waals surface area contributed by atoms with E-state index in [1.165, 1.54) is 7.11 Å². The van der Waals surface area contributed by atoms with E-state index in [0.717, 1.165) is 21.8 Å². The van der Waals surface area contributed by atoms with E-state index in [1.807, 2.05) is 24.3 Å². The third-order valence-electron chi connectivity index (χ3n) is 5.22. The molecule has 7 nitrogen and oxygen atoms in total. The fourth-order valence-corrected chi connectivity index (χ4v) is 3.93. The number of fused-ring (bicyclic) bond motifs is 3. The molecule has 30 heavy (non-hydrogen) atoms. The highest BCUT2D eigenvalue weighted by molar-refractivity contribution is 6.13. The molecule has 0 unspecified atom stereocenters. The molecule has 0 bridgehead atoms. The van der Waals surface area contributed by atoms with Gasteiger partial charge in [-0.25, -0.2) is 9.78 Å². The van der Waals surface area contributed by atoms with Crippen LogP contribution in [0.4, 0.5) is 0 Å². The van der Waals surface area contributed by atoms with E-state index in [4.69, 9.17) is 14.2 Å². The van der Waals surface area contributed by atoms with E-state index in [2.05, 4.69) is 16.5 Å². The molecular weight excluding hydrogens is 384 g/mol. The average Bonchev–Trinajstić information content (AvgIpc) is 3.10. The molecule has 2 aromatic heterocycles. The molecule has 0 saturated carbocycles. The smallest absolute Gasteiger partial charge is 0.354 e. The fraction of sp³-hybridized carbons (Fsp3) is 0.217. The number of rotatable bonds is 6. The quantitative estimate of drug-likeness (QED) is 0.504. The Kier molecular flexibility index (Phi) is 4.95. The first-order valence-corrected chi connectivity index (χ1v) is 9.49. The number of aromatic nitrogens is 2. The zero-order chi connectivity index (χ0) is 21.4. The molecule has 0 atom stereocenters. The molecule has 0 fully saturated rings. The van der Waals surface area contributed by atoms with Crippen molar-refractivity contribution in [1.29, 1.82) is 0 Å². The molecule has 154 valence electrons. The van der Waals surface area contributed by atoms with Gasteiger partial charge in [-0.15, -0.1) is 0 Å². The minimum absolute atomic E-state index is 0.0229. The van der Waals surface area contributed by atoms with Gasteiger partial charge in [0.05, 0.1) is 32.5 Å². The second kappa shape index (κ2) is 7.59. The van der Waals surface area contributed by atoms with Gasteiger partial charge in [-0.1, -0.05) is 18.2 Å². The molecule has 0 spiro atoms. The minimum atomic E-state index is -1.08. The van der Waals surface area contributed by atoms with Crippen LogP contribution in [0.1, 0.15) is 17.4 Å². The lowest BCUT2D eigenvalue weighted by molar-refractivity contribution is 0.0691. The van der Waals surface area contributed by atoms with Crippen LogP contribution in [0.3, 0.4) is 0 Å². The van der Waals surface area contributed by atoms with E-state index < -0.39 is 5.97 Å². The number of aromatic carboxylic acids is 1. The lowest BCUT2D eigenvalue weighted by Gasteiger charge is -2.15. The van der Waals surface area contributed by atoms with Gasteiger partial charge in [0.1, 0.15) is 5.69 Å². The standard InChI is InChI=1S/C23H22N2O5/c1-5-25-17-9-7-6-8-14(17)15-12-16(23(26)27)24-20(21(15)25)13-10-18(28-2)22(30-4)19(11-13)29-3/h6-12H,5H2,1-4H3,(H,26,27). The first kappa shape index (κ1) is 19.6. The molecular formula is C23H22N2O5. The fourth-order valence-electron chi connectivity index (χ4n) is 3.93.